The molecule has 31 heavy (non-hydrogen) atoms. The second-order valence-electron chi connectivity index (χ2n) is 7.11. The number of aryl methyl sites for hydroxylation is 1. The quantitative estimate of drug-likeness (QED) is 0.371. The number of hydrogen-bond donors (Lipinski definition) is 3. The predicted molar refractivity (Wildman–Crippen MR) is 124 cm³/mol. The van der Waals surface area contributed by atoms with Crippen LogP contribution in [0.5, 0.6) is 5.75 Å². The van der Waals surface area contributed by atoms with Crippen LogP contribution >= 0.6 is 11.6 Å². The largest absolute Gasteiger partial charge is 0.508 e. The molecule has 4 aromatic rings. The minimum absolute atomic E-state index is 0.218. The van der Waals surface area contributed by atoms with Gasteiger partial charge in [-0.1, -0.05) is 41.9 Å². The zero-order valence-electron chi connectivity index (χ0n) is 16.6. The molecule has 0 fully saturated rings. The molecule has 2 amide bonds. The van der Waals surface area contributed by atoms with Gasteiger partial charge < -0.3 is 15.7 Å². The van der Waals surface area contributed by atoms with Crippen molar-refractivity contribution in [1.82, 2.24) is 0 Å². The molecule has 154 valence electrons. The Labute approximate surface area is 184 Å². The molecule has 3 N–H and O–H groups in total. The summed E-state index contributed by atoms with van der Waals surface area (Å²) in [5.74, 6) is -0.414. The van der Waals surface area contributed by atoms with E-state index in [2.05, 4.69) is 10.6 Å². The third kappa shape index (κ3) is 4.37. The lowest BCUT2D eigenvalue weighted by Crippen LogP contribution is -2.14. The van der Waals surface area contributed by atoms with E-state index in [4.69, 9.17) is 11.6 Å². The van der Waals surface area contributed by atoms with Gasteiger partial charge in [-0.15, -0.1) is 0 Å². The molecule has 0 saturated carbocycles. The molecule has 5 nitrogen and oxygen atoms in total. The fourth-order valence-corrected chi connectivity index (χ4v) is 3.58. The maximum Gasteiger partial charge on any atom is 0.257 e. The Bertz CT molecular complexity index is 1300. The highest BCUT2D eigenvalue weighted by molar-refractivity contribution is 6.34. The van der Waals surface area contributed by atoms with Crippen molar-refractivity contribution < 1.29 is 14.7 Å². The Balaban J connectivity index is 1.51. The Hall–Kier alpha value is -3.83. The number of benzene rings is 4. The number of nitrogens with one attached hydrogen (secondary N) is 2. The van der Waals surface area contributed by atoms with Crippen LogP contribution in [0.15, 0.2) is 78.9 Å². The molecule has 0 saturated heterocycles. The van der Waals surface area contributed by atoms with Crippen molar-refractivity contribution in [3.05, 3.63) is 101 Å². The summed E-state index contributed by atoms with van der Waals surface area (Å²) in [4.78, 5) is 25.2. The van der Waals surface area contributed by atoms with Crippen molar-refractivity contribution in [2.45, 2.75) is 6.92 Å². The third-order valence-corrected chi connectivity index (χ3v) is 5.34. The Kier molecular flexibility index (Phi) is 5.60. The first-order chi connectivity index (χ1) is 14.9. The fraction of sp³-hybridized carbons (Fsp3) is 0.0400. The van der Waals surface area contributed by atoms with E-state index in [9.17, 15) is 14.7 Å². The molecule has 0 aliphatic carbocycles. The number of fused-ring (bicyclic) bond motifs is 1. The van der Waals surface area contributed by atoms with Crippen LogP contribution in [0.1, 0.15) is 26.3 Å². The molecule has 0 aromatic heterocycles. The highest BCUT2D eigenvalue weighted by atomic mass is 35.5. The van der Waals surface area contributed by atoms with Crippen molar-refractivity contribution in [3.63, 3.8) is 0 Å². The van der Waals surface area contributed by atoms with Crippen LogP contribution in [0.25, 0.3) is 10.8 Å². The van der Waals surface area contributed by atoms with Gasteiger partial charge in [-0.3, -0.25) is 9.59 Å². The number of carbonyl (C=O) groups is 2. The number of halogens is 1. The lowest BCUT2D eigenvalue weighted by atomic mass is 10.0. The normalized spacial score (nSPS) is 10.6. The molecular weight excluding hydrogens is 412 g/mol. The summed E-state index contributed by atoms with van der Waals surface area (Å²) in [5, 5.41) is 17.4. The van der Waals surface area contributed by atoms with E-state index in [0.717, 1.165) is 16.3 Å². The molecule has 0 unspecified atom stereocenters. The molecule has 6 heteroatoms. The number of rotatable bonds is 4. The second-order valence-corrected chi connectivity index (χ2v) is 7.52. The topological polar surface area (TPSA) is 78.4 Å². The summed E-state index contributed by atoms with van der Waals surface area (Å²) in [6.07, 6.45) is 0. The van der Waals surface area contributed by atoms with Gasteiger partial charge in [0.15, 0.2) is 0 Å². The molecule has 0 bridgehead atoms. The highest BCUT2D eigenvalue weighted by Crippen LogP contribution is 2.27. The van der Waals surface area contributed by atoms with E-state index in [0.29, 0.717) is 22.5 Å². The van der Waals surface area contributed by atoms with Gasteiger partial charge in [0, 0.05) is 16.9 Å². The minimum Gasteiger partial charge on any atom is -0.508 e. The summed E-state index contributed by atoms with van der Waals surface area (Å²) < 4.78 is 0. The monoisotopic (exact) mass is 430 g/mol. The van der Waals surface area contributed by atoms with Crippen molar-refractivity contribution in [1.29, 1.82) is 0 Å². The lowest BCUT2D eigenvalue weighted by molar-refractivity contribution is 0.102. The van der Waals surface area contributed by atoms with Crippen molar-refractivity contribution >= 4 is 45.6 Å². The van der Waals surface area contributed by atoms with Crippen LogP contribution in [0, 0.1) is 6.92 Å². The molecule has 0 heterocycles. The van der Waals surface area contributed by atoms with Crippen LogP contribution < -0.4 is 10.6 Å². The van der Waals surface area contributed by atoms with Gasteiger partial charge in [0.2, 0.25) is 0 Å². The molecule has 4 rings (SSSR count). The molecule has 0 atom stereocenters. The average molecular weight is 431 g/mol. The maximum absolute atomic E-state index is 12.7. The molecule has 0 radical (unpaired) electrons. The third-order valence-electron chi connectivity index (χ3n) is 5.03. The number of phenolic OH excluding ortho intramolecular Hbond substituents is 1. The Morgan fingerprint density at radius 1 is 0.806 bits per heavy atom. The first-order valence-electron chi connectivity index (χ1n) is 9.62. The lowest BCUT2D eigenvalue weighted by Gasteiger charge is -2.11. The summed E-state index contributed by atoms with van der Waals surface area (Å²) >= 11 is 6.29. The number of para-hydroxylation sites is 1. The van der Waals surface area contributed by atoms with Crippen molar-refractivity contribution in [3.8, 4) is 5.75 Å². The highest BCUT2D eigenvalue weighted by Gasteiger charge is 2.14. The van der Waals surface area contributed by atoms with Crippen LogP contribution in [0.4, 0.5) is 11.4 Å². The smallest absolute Gasteiger partial charge is 0.257 e. The van der Waals surface area contributed by atoms with Gasteiger partial charge in [-0.2, -0.15) is 0 Å². The van der Waals surface area contributed by atoms with Gasteiger partial charge >= 0.3 is 0 Å². The van der Waals surface area contributed by atoms with E-state index in [1.165, 1.54) is 0 Å². The first kappa shape index (κ1) is 20.4. The van der Waals surface area contributed by atoms with Crippen LogP contribution in [-0.4, -0.2) is 16.9 Å². The van der Waals surface area contributed by atoms with Crippen molar-refractivity contribution in [2.24, 2.45) is 0 Å². The van der Waals surface area contributed by atoms with E-state index in [1.54, 1.807) is 54.6 Å². The van der Waals surface area contributed by atoms with E-state index in [1.807, 2.05) is 31.2 Å². The molecular formula is C25H19ClN2O3. The number of phenols is 1. The van der Waals surface area contributed by atoms with Crippen LogP contribution in [-0.2, 0) is 0 Å². The standard InChI is InChI=1S/C25H19ClN2O3/c1-15-20-10-7-17(13-16(20)8-12-23(15)29)24(30)28-19-9-11-21(22(26)14-19)25(31)27-18-5-3-2-4-6-18/h2-14,29H,1H3,(H,27,31)(H,28,30). The van der Waals surface area contributed by atoms with E-state index >= 15 is 0 Å². The average Bonchev–Trinajstić information content (AvgIpc) is 2.77. The number of aromatic hydroxyl groups is 1. The van der Waals surface area contributed by atoms with Crippen LogP contribution in [0.3, 0.4) is 0 Å². The van der Waals surface area contributed by atoms with Gasteiger partial charge in [0.1, 0.15) is 5.75 Å². The molecule has 0 aliphatic rings. The fourth-order valence-electron chi connectivity index (χ4n) is 3.32. The van der Waals surface area contributed by atoms with E-state index < -0.39 is 0 Å². The Morgan fingerprint density at radius 2 is 1.55 bits per heavy atom. The number of hydrogen-bond acceptors (Lipinski definition) is 3. The van der Waals surface area contributed by atoms with Gasteiger partial charge in [-0.05, 0) is 71.8 Å². The zero-order chi connectivity index (χ0) is 22.0. The number of carbonyl (C=O) groups excluding carboxylic acids is 2. The molecule has 4 aromatic carbocycles. The predicted octanol–water partition coefficient (Wildman–Crippen LogP) is 6.01. The van der Waals surface area contributed by atoms with E-state index in [-0.39, 0.29) is 22.6 Å². The summed E-state index contributed by atoms with van der Waals surface area (Å²) in [7, 11) is 0. The van der Waals surface area contributed by atoms with Gasteiger partial charge in [-0.25, -0.2) is 0 Å². The first-order valence-corrected chi connectivity index (χ1v) is 10.00. The Morgan fingerprint density at radius 3 is 2.29 bits per heavy atom. The number of anilines is 2. The minimum atomic E-state index is -0.331. The van der Waals surface area contributed by atoms with Gasteiger partial charge in [0.25, 0.3) is 11.8 Å². The summed E-state index contributed by atoms with van der Waals surface area (Å²) in [5.41, 5.74) is 2.69. The maximum atomic E-state index is 12.7. The second kappa shape index (κ2) is 8.50. The van der Waals surface area contributed by atoms with Gasteiger partial charge in [0.05, 0.1) is 10.6 Å². The van der Waals surface area contributed by atoms with Crippen LogP contribution in [0.2, 0.25) is 5.02 Å². The molecule has 0 spiro atoms. The summed E-state index contributed by atoms with van der Waals surface area (Å²) in [6, 6.07) is 22.5. The molecule has 0 aliphatic heterocycles. The SMILES string of the molecule is Cc1c(O)ccc2cc(C(=O)Nc3ccc(C(=O)Nc4ccccc4)c(Cl)c3)ccc12. The summed E-state index contributed by atoms with van der Waals surface area (Å²) in [6.45, 7) is 1.83. The van der Waals surface area contributed by atoms with Crippen molar-refractivity contribution in [2.75, 3.05) is 10.6 Å². The number of amides is 2. The zero-order valence-corrected chi connectivity index (χ0v) is 17.4.